The first-order valence-corrected chi connectivity index (χ1v) is 8.04. The Morgan fingerprint density at radius 2 is 2.00 bits per heavy atom. The van der Waals surface area contributed by atoms with Gasteiger partial charge >= 0.3 is 0 Å². The van der Waals surface area contributed by atoms with Crippen molar-refractivity contribution in [1.82, 2.24) is 9.97 Å². The maximum atomic E-state index is 4.85. The molecule has 0 spiro atoms. The van der Waals surface area contributed by atoms with Crippen LogP contribution in [0, 0.1) is 13.8 Å². The van der Waals surface area contributed by atoms with E-state index in [0.717, 1.165) is 22.9 Å². The molecule has 0 bridgehead atoms. The van der Waals surface area contributed by atoms with E-state index in [4.69, 9.17) is 9.97 Å². The van der Waals surface area contributed by atoms with Crippen LogP contribution in [-0.4, -0.2) is 17.0 Å². The van der Waals surface area contributed by atoms with Crippen LogP contribution in [0.2, 0.25) is 0 Å². The van der Waals surface area contributed by atoms with E-state index in [1.54, 1.807) is 11.3 Å². The lowest BCUT2D eigenvalue weighted by Crippen LogP contribution is -2.20. The summed E-state index contributed by atoms with van der Waals surface area (Å²) >= 11 is 1.76. The number of thiophene rings is 1. The van der Waals surface area contributed by atoms with Crippen LogP contribution in [0.3, 0.4) is 0 Å². The standard InChI is InChI=1S/C17H17N3S/c1-9-10(2)21-17-14(9)16(18-3)19-15(20-17)13-8-11-6-4-5-7-12(11)13/h4-7,13H,8H2,1-3H3,(H,18,19,20). The van der Waals surface area contributed by atoms with Crippen LogP contribution in [-0.2, 0) is 6.42 Å². The van der Waals surface area contributed by atoms with E-state index in [1.165, 1.54) is 27.0 Å². The fourth-order valence-electron chi connectivity index (χ4n) is 3.09. The Morgan fingerprint density at radius 1 is 1.19 bits per heavy atom. The Kier molecular flexibility index (Phi) is 2.76. The maximum Gasteiger partial charge on any atom is 0.140 e. The number of anilines is 1. The van der Waals surface area contributed by atoms with E-state index in [-0.39, 0.29) is 0 Å². The molecule has 4 heteroatoms. The minimum absolute atomic E-state index is 0.348. The summed E-state index contributed by atoms with van der Waals surface area (Å²) < 4.78 is 0. The molecule has 1 unspecified atom stereocenters. The second-order valence-electron chi connectivity index (χ2n) is 5.60. The van der Waals surface area contributed by atoms with E-state index >= 15 is 0 Å². The molecule has 3 aromatic rings. The molecule has 1 atom stereocenters. The zero-order valence-corrected chi connectivity index (χ0v) is 13.2. The van der Waals surface area contributed by atoms with Crippen molar-refractivity contribution in [3.63, 3.8) is 0 Å². The summed E-state index contributed by atoms with van der Waals surface area (Å²) in [5.74, 6) is 2.26. The second kappa shape index (κ2) is 4.53. The first kappa shape index (κ1) is 12.8. The number of hydrogen-bond acceptors (Lipinski definition) is 4. The Hall–Kier alpha value is -1.94. The molecule has 2 aromatic heterocycles. The van der Waals surface area contributed by atoms with E-state index in [0.29, 0.717) is 5.92 Å². The summed E-state index contributed by atoms with van der Waals surface area (Å²) in [7, 11) is 1.94. The Morgan fingerprint density at radius 3 is 2.76 bits per heavy atom. The number of aryl methyl sites for hydroxylation is 2. The Balaban J connectivity index is 1.88. The SMILES string of the molecule is CNc1nc(C2Cc3ccccc32)nc2sc(C)c(C)c12. The smallest absolute Gasteiger partial charge is 0.140 e. The van der Waals surface area contributed by atoms with Crippen LogP contribution >= 0.6 is 11.3 Å². The molecule has 0 amide bonds. The van der Waals surface area contributed by atoms with Crippen molar-refractivity contribution in [2.75, 3.05) is 12.4 Å². The molecule has 2 heterocycles. The van der Waals surface area contributed by atoms with E-state index < -0.39 is 0 Å². The highest BCUT2D eigenvalue weighted by Crippen LogP contribution is 2.41. The summed E-state index contributed by atoms with van der Waals surface area (Å²) in [5.41, 5.74) is 4.10. The normalized spacial score (nSPS) is 16.6. The van der Waals surface area contributed by atoms with Crippen molar-refractivity contribution < 1.29 is 0 Å². The van der Waals surface area contributed by atoms with Crippen LogP contribution in [0.1, 0.15) is 33.3 Å². The first-order chi connectivity index (χ1) is 10.2. The number of fused-ring (bicyclic) bond motifs is 2. The van der Waals surface area contributed by atoms with Crippen molar-refractivity contribution >= 4 is 27.4 Å². The molecule has 4 rings (SSSR count). The highest BCUT2D eigenvalue weighted by Gasteiger charge is 2.30. The van der Waals surface area contributed by atoms with E-state index in [2.05, 4.69) is 43.4 Å². The molecule has 0 saturated carbocycles. The highest BCUT2D eigenvalue weighted by molar-refractivity contribution is 7.18. The molecule has 106 valence electrons. The number of nitrogens with zero attached hydrogens (tertiary/aromatic N) is 2. The van der Waals surface area contributed by atoms with Crippen LogP contribution in [0.5, 0.6) is 0 Å². The summed E-state index contributed by atoms with van der Waals surface area (Å²) in [6.07, 6.45) is 1.05. The monoisotopic (exact) mass is 295 g/mol. The quantitative estimate of drug-likeness (QED) is 0.775. The topological polar surface area (TPSA) is 37.8 Å². The van der Waals surface area contributed by atoms with Gasteiger partial charge in [0.05, 0.1) is 5.39 Å². The maximum absolute atomic E-state index is 4.85. The molecular weight excluding hydrogens is 278 g/mol. The largest absolute Gasteiger partial charge is 0.372 e. The van der Waals surface area contributed by atoms with Crippen molar-refractivity contribution in [3.05, 3.63) is 51.7 Å². The van der Waals surface area contributed by atoms with Crippen LogP contribution in [0.25, 0.3) is 10.2 Å². The lowest BCUT2D eigenvalue weighted by molar-refractivity contribution is 0.665. The van der Waals surface area contributed by atoms with Gasteiger partial charge in [-0.15, -0.1) is 11.3 Å². The number of nitrogens with one attached hydrogen (secondary N) is 1. The minimum atomic E-state index is 0.348. The van der Waals surface area contributed by atoms with E-state index in [1.807, 2.05) is 7.05 Å². The summed E-state index contributed by atoms with van der Waals surface area (Å²) in [6.45, 7) is 4.30. The predicted octanol–water partition coefficient (Wildman–Crippen LogP) is 4.04. The van der Waals surface area contributed by atoms with Gasteiger partial charge in [0.15, 0.2) is 0 Å². The molecule has 1 aromatic carbocycles. The number of rotatable bonds is 2. The third-order valence-corrected chi connectivity index (χ3v) is 5.55. The Bertz CT molecular complexity index is 851. The molecule has 3 nitrogen and oxygen atoms in total. The van der Waals surface area contributed by atoms with Crippen molar-refractivity contribution in [2.24, 2.45) is 0 Å². The number of benzene rings is 1. The van der Waals surface area contributed by atoms with Gasteiger partial charge in [-0.05, 0) is 37.0 Å². The third-order valence-electron chi connectivity index (χ3n) is 4.45. The molecule has 0 aliphatic heterocycles. The van der Waals surface area contributed by atoms with Gasteiger partial charge in [-0.2, -0.15) is 0 Å². The van der Waals surface area contributed by atoms with Crippen LogP contribution in [0.4, 0.5) is 5.82 Å². The molecule has 1 N–H and O–H groups in total. The molecule has 1 aliphatic carbocycles. The summed E-state index contributed by atoms with van der Waals surface area (Å²) in [4.78, 5) is 12.1. The van der Waals surface area contributed by atoms with Crippen LogP contribution in [0.15, 0.2) is 24.3 Å². The zero-order chi connectivity index (χ0) is 14.6. The molecule has 0 radical (unpaired) electrons. The predicted molar refractivity (Wildman–Crippen MR) is 88.4 cm³/mol. The molecular formula is C17H17N3S. The average molecular weight is 295 g/mol. The van der Waals surface area contributed by atoms with Gasteiger partial charge in [0, 0.05) is 17.8 Å². The van der Waals surface area contributed by atoms with Crippen molar-refractivity contribution in [2.45, 2.75) is 26.2 Å². The fourth-order valence-corrected chi connectivity index (χ4v) is 4.13. The Labute approximate surface area is 128 Å². The third kappa shape index (κ3) is 1.79. The second-order valence-corrected chi connectivity index (χ2v) is 6.80. The number of aromatic nitrogens is 2. The van der Waals surface area contributed by atoms with Gasteiger partial charge in [0.2, 0.25) is 0 Å². The summed E-state index contributed by atoms with van der Waals surface area (Å²) in [5, 5.41) is 4.42. The van der Waals surface area contributed by atoms with Gasteiger partial charge in [0.25, 0.3) is 0 Å². The molecule has 1 aliphatic rings. The molecule has 0 fully saturated rings. The van der Waals surface area contributed by atoms with Gasteiger partial charge in [-0.1, -0.05) is 24.3 Å². The number of hydrogen-bond donors (Lipinski definition) is 1. The highest BCUT2D eigenvalue weighted by atomic mass is 32.1. The van der Waals surface area contributed by atoms with Gasteiger partial charge < -0.3 is 5.32 Å². The molecule has 21 heavy (non-hydrogen) atoms. The molecule has 0 saturated heterocycles. The lowest BCUT2D eigenvalue weighted by Gasteiger charge is -2.29. The van der Waals surface area contributed by atoms with Gasteiger partial charge in [-0.3, -0.25) is 0 Å². The van der Waals surface area contributed by atoms with Crippen LogP contribution < -0.4 is 5.32 Å². The van der Waals surface area contributed by atoms with Crippen molar-refractivity contribution in [1.29, 1.82) is 0 Å². The van der Waals surface area contributed by atoms with Crippen molar-refractivity contribution in [3.8, 4) is 0 Å². The fraction of sp³-hybridized carbons (Fsp3) is 0.294. The summed E-state index contributed by atoms with van der Waals surface area (Å²) in [6, 6.07) is 8.59. The van der Waals surface area contributed by atoms with Gasteiger partial charge in [0.1, 0.15) is 16.5 Å². The first-order valence-electron chi connectivity index (χ1n) is 7.22. The zero-order valence-electron chi connectivity index (χ0n) is 12.4. The minimum Gasteiger partial charge on any atom is -0.372 e. The average Bonchev–Trinajstić information content (AvgIpc) is 2.75. The van der Waals surface area contributed by atoms with E-state index in [9.17, 15) is 0 Å². The van der Waals surface area contributed by atoms with Gasteiger partial charge in [-0.25, -0.2) is 9.97 Å². The lowest BCUT2D eigenvalue weighted by atomic mass is 9.77.